The van der Waals surface area contributed by atoms with Crippen LogP contribution in [0.15, 0.2) is 42.5 Å². The number of carbonyl (C=O) groups excluding carboxylic acids is 3. The van der Waals surface area contributed by atoms with Crippen LogP contribution < -0.4 is 0 Å². The number of esters is 1. The number of alkyl halides is 3. The third-order valence-electron chi connectivity index (χ3n) is 7.71. The van der Waals surface area contributed by atoms with Crippen LogP contribution in [0.25, 0.3) is 11.1 Å². The molecule has 3 saturated heterocycles. The normalized spacial score (nSPS) is 25.8. The van der Waals surface area contributed by atoms with E-state index >= 15 is 0 Å². The largest absolute Gasteiger partial charge is 0.490 e. The standard InChI is InChI=1S/C25H24Cl2N2O4.C2HF3O2/c1-3-28-22(30)19-20(23(28)31)25(24(32)33-2)11-4-12-29(25)21(19)15-7-5-14(6-8-15)16-9-10-17(26)18(27)13-16;3-2(4,5)1(6)7/h5-10,13,19-21H,3-4,11-12H2,1-2H3;(H,6,7)/t19-,20-,21+,25-;/m0./s1. The van der Waals surface area contributed by atoms with E-state index in [2.05, 4.69) is 0 Å². The van der Waals surface area contributed by atoms with Crippen molar-refractivity contribution in [2.75, 3.05) is 20.2 Å². The second kappa shape index (κ2) is 11.0. The molecule has 0 aliphatic carbocycles. The number of methoxy groups -OCH3 is 1. The summed E-state index contributed by atoms with van der Waals surface area (Å²) in [5.41, 5.74) is 1.69. The highest BCUT2D eigenvalue weighted by molar-refractivity contribution is 6.42. The first-order valence-corrected chi connectivity index (χ1v) is 13.1. The Morgan fingerprint density at radius 3 is 2.17 bits per heavy atom. The Hall–Kier alpha value is -3.15. The molecule has 8 nitrogen and oxygen atoms in total. The fraction of sp³-hybridized carbons (Fsp3) is 0.407. The molecule has 0 spiro atoms. The van der Waals surface area contributed by atoms with Crippen LogP contribution in [0.1, 0.15) is 31.4 Å². The van der Waals surface area contributed by atoms with E-state index < -0.39 is 35.5 Å². The zero-order valence-electron chi connectivity index (χ0n) is 21.4. The van der Waals surface area contributed by atoms with Gasteiger partial charge in [-0.2, -0.15) is 13.2 Å². The minimum atomic E-state index is -5.08. The van der Waals surface area contributed by atoms with E-state index in [-0.39, 0.29) is 17.9 Å². The summed E-state index contributed by atoms with van der Waals surface area (Å²) in [7, 11) is 1.35. The number of likely N-dealkylation sites (tertiary alicyclic amines) is 1. The van der Waals surface area contributed by atoms with Crippen molar-refractivity contribution in [2.45, 2.75) is 37.5 Å². The highest BCUT2D eigenvalue weighted by Gasteiger charge is 2.73. The van der Waals surface area contributed by atoms with E-state index in [1.165, 1.54) is 12.0 Å². The van der Waals surface area contributed by atoms with Crippen LogP contribution in [0.3, 0.4) is 0 Å². The molecule has 1 N–H and O–H groups in total. The number of nitrogens with zero attached hydrogens (tertiary/aromatic N) is 2. The minimum absolute atomic E-state index is 0.205. The molecular formula is C27H25Cl2F3N2O6. The molecule has 2 amide bonds. The smallest absolute Gasteiger partial charge is 0.475 e. The second-order valence-corrected chi connectivity index (χ2v) is 10.5. The summed E-state index contributed by atoms with van der Waals surface area (Å²) in [5, 5.41) is 8.10. The number of rotatable bonds is 4. The topological polar surface area (TPSA) is 104 Å². The van der Waals surface area contributed by atoms with Gasteiger partial charge < -0.3 is 9.84 Å². The van der Waals surface area contributed by atoms with E-state index in [9.17, 15) is 27.6 Å². The molecule has 214 valence electrons. The van der Waals surface area contributed by atoms with Crippen LogP contribution in [0, 0.1) is 11.8 Å². The summed E-state index contributed by atoms with van der Waals surface area (Å²) in [6.07, 6.45) is -3.81. The molecule has 40 heavy (non-hydrogen) atoms. The Bertz CT molecular complexity index is 1350. The van der Waals surface area contributed by atoms with Crippen molar-refractivity contribution in [2.24, 2.45) is 11.8 Å². The second-order valence-electron chi connectivity index (χ2n) is 9.64. The van der Waals surface area contributed by atoms with E-state index in [4.69, 9.17) is 37.8 Å². The number of aliphatic carboxylic acids is 1. The minimum Gasteiger partial charge on any atom is -0.475 e. The van der Waals surface area contributed by atoms with Crippen LogP contribution >= 0.6 is 23.2 Å². The monoisotopic (exact) mass is 600 g/mol. The molecule has 0 bridgehead atoms. The van der Waals surface area contributed by atoms with Gasteiger partial charge in [-0.15, -0.1) is 0 Å². The Morgan fingerprint density at radius 2 is 1.65 bits per heavy atom. The lowest BCUT2D eigenvalue weighted by atomic mass is 9.77. The molecule has 3 fully saturated rings. The van der Waals surface area contributed by atoms with Crippen molar-refractivity contribution >= 4 is 47.0 Å². The van der Waals surface area contributed by atoms with Crippen LogP contribution in [-0.4, -0.2) is 70.6 Å². The lowest BCUT2D eigenvalue weighted by molar-refractivity contribution is -0.192. The number of amides is 2. The van der Waals surface area contributed by atoms with Gasteiger partial charge in [0.15, 0.2) is 0 Å². The molecule has 13 heteroatoms. The summed E-state index contributed by atoms with van der Waals surface area (Å²) in [5.74, 6) is -4.98. The highest BCUT2D eigenvalue weighted by Crippen LogP contribution is 2.59. The Labute approximate surface area is 237 Å². The molecule has 0 unspecified atom stereocenters. The summed E-state index contributed by atoms with van der Waals surface area (Å²) in [6, 6.07) is 13.0. The van der Waals surface area contributed by atoms with Crippen molar-refractivity contribution in [3.05, 3.63) is 58.1 Å². The fourth-order valence-electron chi connectivity index (χ4n) is 6.12. The molecule has 3 aliphatic heterocycles. The van der Waals surface area contributed by atoms with Crippen LogP contribution in [-0.2, 0) is 23.9 Å². The van der Waals surface area contributed by atoms with Gasteiger partial charge in [-0.05, 0) is 55.1 Å². The number of hydrogen-bond donors (Lipinski definition) is 1. The highest BCUT2D eigenvalue weighted by atomic mass is 35.5. The quantitative estimate of drug-likeness (QED) is 0.390. The fourth-order valence-corrected chi connectivity index (χ4v) is 6.42. The third-order valence-corrected chi connectivity index (χ3v) is 8.44. The van der Waals surface area contributed by atoms with Gasteiger partial charge in [0.25, 0.3) is 0 Å². The molecule has 0 aromatic heterocycles. The summed E-state index contributed by atoms with van der Waals surface area (Å²) >= 11 is 12.2. The van der Waals surface area contributed by atoms with Crippen LogP contribution in [0.5, 0.6) is 0 Å². The van der Waals surface area contributed by atoms with Crippen molar-refractivity contribution in [1.82, 2.24) is 9.80 Å². The average Bonchev–Trinajstić information content (AvgIpc) is 3.53. The maximum absolute atomic E-state index is 13.4. The summed E-state index contributed by atoms with van der Waals surface area (Å²) < 4.78 is 36.9. The number of carboxylic acid groups (broad SMARTS) is 1. The maximum Gasteiger partial charge on any atom is 0.490 e. The first-order valence-electron chi connectivity index (χ1n) is 12.4. The molecule has 2 aromatic rings. The van der Waals surface area contributed by atoms with Crippen molar-refractivity contribution < 1.29 is 42.2 Å². The van der Waals surface area contributed by atoms with E-state index in [0.717, 1.165) is 23.1 Å². The van der Waals surface area contributed by atoms with Crippen molar-refractivity contribution in [3.63, 3.8) is 0 Å². The molecule has 0 radical (unpaired) electrons. The third kappa shape index (κ3) is 4.84. The van der Waals surface area contributed by atoms with Gasteiger partial charge in [-0.1, -0.05) is 53.5 Å². The van der Waals surface area contributed by atoms with Gasteiger partial charge in [0.05, 0.1) is 29.0 Å². The zero-order chi connectivity index (χ0) is 29.6. The Kier molecular flexibility index (Phi) is 8.22. The Balaban J connectivity index is 0.000000470. The number of ether oxygens (including phenoxy) is 1. The first-order chi connectivity index (χ1) is 18.8. The first kappa shape index (κ1) is 29.8. The maximum atomic E-state index is 13.4. The number of benzene rings is 2. The molecule has 5 rings (SSSR count). The number of fused-ring (bicyclic) bond motifs is 3. The van der Waals surface area contributed by atoms with Crippen LogP contribution in [0.4, 0.5) is 13.2 Å². The lowest BCUT2D eigenvalue weighted by Gasteiger charge is -2.36. The van der Waals surface area contributed by atoms with Gasteiger partial charge in [-0.3, -0.25) is 24.2 Å². The molecular weight excluding hydrogens is 576 g/mol. The predicted octanol–water partition coefficient (Wildman–Crippen LogP) is 4.98. The zero-order valence-corrected chi connectivity index (χ0v) is 22.9. The molecule has 0 saturated carbocycles. The molecule has 3 heterocycles. The number of halogens is 5. The number of hydrogen-bond acceptors (Lipinski definition) is 6. The number of imide groups is 1. The van der Waals surface area contributed by atoms with Gasteiger partial charge in [0.2, 0.25) is 11.8 Å². The number of carboxylic acids is 1. The van der Waals surface area contributed by atoms with Gasteiger partial charge in [0.1, 0.15) is 5.54 Å². The van der Waals surface area contributed by atoms with E-state index in [1.807, 2.05) is 41.3 Å². The predicted molar refractivity (Wildman–Crippen MR) is 138 cm³/mol. The Morgan fingerprint density at radius 1 is 1.05 bits per heavy atom. The molecule has 3 aliphatic rings. The average molecular weight is 601 g/mol. The van der Waals surface area contributed by atoms with Crippen LogP contribution in [0.2, 0.25) is 10.0 Å². The summed E-state index contributed by atoms with van der Waals surface area (Å²) in [6.45, 7) is 2.72. The molecule has 4 atom stereocenters. The van der Waals surface area contributed by atoms with Gasteiger partial charge >= 0.3 is 18.1 Å². The van der Waals surface area contributed by atoms with Crippen molar-refractivity contribution in [1.29, 1.82) is 0 Å². The lowest BCUT2D eigenvalue weighted by Crippen LogP contribution is -2.54. The SMILES string of the molecule is CCN1C(=O)[C@@H]2[C@@H](c3ccc(-c4ccc(Cl)c(Cl)c4)cc3)N3CCC[C@@]3(C(=O)OC)[C@@H]2C1=O.O=C(O)C(F)(F)F. The van der Waals surface area contributed by atoms with Crippen molar-refractivity contribution in [3.8, 4) is 11.1 Å². The van der Waals surface area contributed by atoms with Gasteiger partial charge in [0, 0.05) is 12.6 Å². The van der Waals surface area contributed by atoms with Gasteiger partial charge in [-0.25, -0.2) is 4.79 Å². The van der Waals surface area contributed by atoms with E-state index in [0.29, 0.717) is 29.6 Å². The number of carbonyl (C=O) groups is 4. The summed E-state index contributed by atoms with van der Waals surface area (Å²) in [4.78, 5) is 52.0. The molecule has 2 aromatic carbocycles. The van der Waals surface area contributed by atoms with E-state index in [1.54, 1.807) is 13.0 Å².